The molecule has 0 aromatic heterocycles. The molecule has 92 valence electrons. The van der Waals surface area contributed by atoms with Crippen molar-refractivity contribution in [2.45, 2.75) is 50.4 Å². The monoisotopic (exact) mass is 225 g/mol. The number of hydrogen-bond donors (Lipinski definition) is 1. The normalized spacial score (nSPS) is 41.4. The molecule has 2 bridgehead atoms. The summed E-state index contributed by atoms with van der Waals surface area (Å²) in [6.45, 7) is 1.90. The number of rotatable bonds is 3. The molecule has 0 spiro atoms. The van der Waals surface area contributed by atoms with Crippen LogP contribution in [0.25, 0.3) is 0 Å². The lowest BCUT2D eigenvalue weighted by Crippen LogP contribution is -2.45. The lowest BCUT2D eigenvalue weighted by molar-refractivity contribution is 0.0329. The summed E-state index contributed by atoms with van der Waals surface area (Å²) in [5.41, 5.74) is 0. The lowest BCUT2D eigenvalue weighted by Gasteiger charge is -2.36. The Morgan fingerprint density at radius 3 is 2.50 bits per heavy atom. The lowest BCUT2D eigenvalue weighted by atomic mass is 9.76. The van der Waals surface area contributed by atoms with Gasteiger partial charge in [0, 0.05) is 25.2 Å². The third-order valence-corrected chi connectivity index (χ3v) is 4.72. The molecule has 3 heterocycles. The summed E-state index contributed by atoms with van der Waals surface area (Å²) in [6.07, 6.45) is 7.44. The van der Waals surface area contributed by atoms with Gasteiger partial charge in [-0.2, -0.15) is 0 Å². The SMILES string of the molecule is CNC(C1CCOCC1)C1CC2CCC1O2. The predicted molar refractivity (Wildman–Crippen MR) is 62.4 cm³/mol. The highest BCUT2D eigenvalue weighted by Crippen LogP contribution is 2.42. The van der Waals surface area contributed by atoms with E-state index in [0.717, 1.165) is 25.0 Å². The Balaban J connectivity index is 1.65. The Bertz CT molecular complexity index is 240. The van der Waals surface area contributed by atoms with Gasteiger partial charge in [0.15, 0.2) is 0 Å². The highest BCUT2D eigenvalue weighted by Gasteiger charge is 2.45. The zero-order valence-electron chi connectivity index (χ0n) is 10.2. The van der Waals surface area contributed by atoms with E-state index < -0.39 is 0 Å². The van der Waals surface area contributed by atoms with Gasteiger partial charge in [-0.3, -0.25) is 0 Å². The van der Waals surface area contributed by atoms with E-state index >= 15 is 0 Å². The predicted octanol–water partition coefficient (Wildman–Crippen LogP) is 1.57. The maximum atomic E-state index is 5.99. The molecule has 0 saturated carbocycles. The molecule has 0 radical (unpaired) electrons. The van der Waals surface area contributed by atoms with Crippen molar-refractivity contribution in [1.82, 2.24) is 5.32 Å². The fraction of sp³-hybridized carbons (Fsp3) is 1.00. The summed E-state index contributed by atoms with van der Waals surface area (Å²) in [4.78, 5) is 0. The van der Waals surface area contributed by atoms with Gasteiger partial charge in [0.05, 0.1) is 12.2 Å². The summed E-state index contributed by atoms with van der Waals surface area (Å²) in [6, 6.07) is 0.652. The quantitative estimate of drug-likeness (QED) is 0.791. The molecule has 3 saturated heterocycles. The van der Waals surface area contributed by atoms with Gasteiger partial charge in [-0.15, -0.1) is 0 Å². The van der Waals surface area contributed by atoms with Gasteiger partial charge >= 0.3 is 0 Å². The van der Waals surface area contributed by atoms with E-state index in [1.54, 1.807) is 0 Å². The van der Waals surface area contributed by atoms with Crippen LogP contribution in [0, 0.1) is 11.8 Å². The molecular weight excluding hydrogens is 202 g/mol. The second-order valence-electron chi connectivity index (χ2n) is 5.54. The molecule has 1 N–H and O–H groups in total. The summed E-state index contributed by atoms with van der Waals surface area (Å²) in [5, 5.41) is 3.56. The number of hydrogen-bond acceptors (Lipinski definition) is 3. The Labute approximate surface area is 97.9 Å². The van der Waals surface area contributed by atoms with Gasteiger partial charge in [-0.05, 0) is 45.1 Å². The number of ether oxygens (including phenoxy) is 2. The van der Waals surface area contributed by atoms with Gasteiger partial charge in [0.2, 0.25) is 0 Å². The zero-order valence-corrected chi connectivity index (χ0v) is 10.2. The molecule has 3 aliphatic rings. The third-order valence-electron chi connectivity index (χ3n) is 4.72. The first-order valence-corrected chi connectivity index (χ1v) is 6.79. The fourth-order valence-corrected chi connectivity index (χ4v) is 3.93. The topological polar surface area (TPSA) is 30.5 Å². The fourth-order valence-electron chi connectivity index (χ4n) is 3.93. The van der Waals surface area contributed by atoms with Crippen molar-refractivity contribution < 1.29 is 9.47 Å². The number of fused-ring (bicyclic) bond motifs is 2. The summed E-state index contributed by atoms with van der Waals surface area (Å²) < 4.78 is 11.4. The minimum atomic E-state index is 0.547. The van der Waals surface area contributed by atoms with E-state index in [0.29, 0.717) is 18.2 Å². The van der Waals surface area contributed by atoms with Gasteiger partial charge < -0.3 is 14.8 Å². The maximum Gasteiger partial charge on any atom is 0.0623 e. The van der Waals surface area contributed by atoms with Gasteiger partial charge in [0.25, 0.3) is 0 Å². The summed E-state index contributed by atoms with van der Waals surface area (Å²) in [7, 11) is 2.12. The molecular formula is C13H23NO2. The minimum Gasteiger partial charge on any atom is -0.381 e. The molecule has 3 nitrogen and oxygen atoms in total. The highest BCUT2D eigenvalue weighted by molar-refractivity contribution is 4.97. The van der Waals surface area contributed by atoms with E-state index in [2.05, 4.69) is 12.4 Å². The van der Waals surface area contributed by atoms with Crippen LogP contribution < -0.4 is 5.32 Å². The Morgan fingerprint density at radius 1 is 1.12 bits per heavy atom. The van der Waals surface area contributed by atoms with E-state index in [9.17, 15) is 0 Å². The maximum absolute atomic E-state index is 5.99. The average molecular weight is 225 g/mol. The molecule has 4 unspecified atom stereocenters. The van der Waals surface area contributed by atoms with Gasteiger partial charge in [0.1, 0.15) is 0 Å². The van der Waals surface area contributed by atoms with E-state index in [1.165, 1.54) is 32.1 Å². The minimum absolute atomic E-state index is 0.547. The van der Waals surface area contributed by atoms with E-state index in [-0.39, 0.29) is 0 Å². The van der Waals surface area contributed by atoms with Crippen molar-refractivity contribution in [3.63, 3.8) is 0 Å². The highest BCUT2D eigenvalue weighted by atomic mass is 16.5. The molecule has 3 aliphatic heterocycles. The van der Waals surface area contributed by atoms with Crippen LogP contribution in [0.3, 0.4) is 0 Å². The molecule has 16 heavy (non-hydrogen) atoms. The average Bonchev–Trinajstić information content (AvgIpc) is 2.94. The van der Waals surface area contributed by atoms with Crippen LogP contribution in [0.15, 0.2) is 0 Å². The van der Waals surface area contributed by atoms with Crippen LogP contribution in [-0.4, -0.2) is 38.5 Å². The van der Waals surface area contributed by atoms with Crippen LogP contribution in [0.2, 0.25) is 0 Å². The smallest absolute Gasteiger partial charge is 0.0623 e. The van der Waals surface area contributed by atoms with Crippen molar-refractivity contribution in [2.75, 3.05) is 20.3 Å². The van der Waals surface area contributed by atoms with E-state index in [1.807, 2.05) is 0 Å². The van der Waals surface area contributed by atoms with Crippen LogP contribution in [-0.2, 0) is 9.47 Å². The van der Waals surface area contributed by atoms with Crippen molar-refractivity contribution in [1.29, 1.82) is 0 Å². The first kappa shape index (κ1) is 11.0. The van der Waals surface area contributed by atoms with Crippen molar-refractivity contribution in [3.8, 4) is 0 Å². The molecule has 3 rings (SSSR count). The number of nitrogens with one attached hydrogen (secondary N) is 1. The van der Waals surface area contributed by atoms with Crippen molar-refractivity contribution in [3.05, 3.63) is 0 Å². The molecule has 0 aromatic rings. The van der Waals surface area contributed by atoms with Crippen LogP contribution in [0.5, 0.6) is 0 Å². The summed E-state index contributed by atoms with van der Waals surface area (Å²) in [5.74, 6) is 1.55. The van der Waals surface area contributed by atoms with Crippen molar-refractivity contribution >= 4 is 0 Å². The third kappa shape index (κ3) is 1.89. The molecule has 3 heteroatoms. The largest absolute Gasteiger partial charge is 0.381 e. The first-order valence-electron chi connectivity index (χ1n) is 6.79. The Kier molecular flexibility index (Phi) is 3.18. The van der Waals surface area contributed by atoms with Gasteiger partial charge in [-0.1, -0.05) is 0 Å². The second-order valence-corrected chi connectivity index (χ2v) is 5.54. The Morgan fingerprint density at radius 2 is 1.94 bits per heavy atom. The molecule has 4 atom stereocenters. The van der Waals surface area contributed by atoms with Crippen LogP contribution in [0.4, 0.5) is 0 Å². The van der Waals surface area contributed by atoms with Crippen LogP contribution in [0.1, 0.15) is 32.1 Å². The van der Waals surface area contributed by atoms with Crippen molar-refractivity contribution in [2.24, 2.45) is 11.8 Å². The summed E-state index contributed by atoms with van der Waals surface area (Å²) >= 11 is 0. The second kappa shape index (κ2) is 4.63. The molecule has 0 amide bonds. The molecule has 0 aromatic carbocycles. The Hall–Kier alpha value is -0.120. The molecule has 3 fully saturated rings. The zero-order chi connectivity index (χ0) is 11.0. The van der Waals surface area contributed by atoms with Crippen LogP contribution >= 0.6 is 0 Å². The standard InChI is InChI=1S/C13H23NO2/c1-14-13(9-4-6-15-7-5-9)11-8-10-2-3-12(11)16-10/h9-14H,2-8H2,1H3. The van der Waals surface area contributed by atoms with E-state index in [4.69, 9.17) is 9.47 Å². The van der Waals surface area contributed by atoms with Gasteiger partial charge in [-0.25, -0.2) is 0 Å². The molecule has 0 aliphatic carbocycles. The first-order chi connectivity index (χ1) is 7.88.